The molecule has 0 saturated carbocycles. The van der Waals surface area contributed by atoms with Gasteiger partial charge in [-0.3, -0.25) is 9.59 Å². The summed E-state index contributed by atoms with van der Waals surface area (Å²) in [7, 11) is 1.59. The summed E-state index contributed by atoms with van der Waals surface area (Å²) in [6.45, 7) is 3.11. The van der Waals surface area contributed by atoms with Gasteiger partial charge < -0.3 is 20.3 Å². The van der Waals surface area contributed by atoms with E-state index in [9.17, 15) is 9.59 Å². The molecule has 1 aliphatic heterocycles. The average Bonchev–Trinajstić information content (AvgIpc) is 2.59. The summed E-state index contributed by atoms with van der Waals surface area (Å²) in [6.07, 6.45) is 2.07. The highest BCUT2D eigenvalue weighted by Gasteiger charge is 2.29. The molecule has 0 aliphatic carbocycles. The minimum absolute atomic E-state index is 0. The summed E-state index contributed by atoms with van der Waals surface area (Å²) in [5.74, 6) is -0.0970. The van der Waals surface area contributed by atoms with Crippen LogP contribution in [0.1, 0.15) is 18.4 Å². The average molecular weight is 370 g/mol. The highest BCUT2D eigenvalue weighted by atomic mass is 35.5. The predicted octanol–water partition coefficient (Wildman–Crippen LogP) is 0.994. The van der Waals surface area contributed by atoms with Crippen molar-refractivity contribution in [3.8, 4) is 0 Å². The van der Waals surface area contributed by atoms with Gasteiger partial charge in [0.15, 0.2) is 0 Å². The zero-order valence-corrected chi connectivity index (χ0v) is 15.5. The molecule has 1 unspecified atom stereocenters. The molecule has 1 saturated heterocycles. The number of aryl methyl sites for hydroxylation is 1. The van der Waals surface area contributed by atoms with Crippen LogP contribution >= 0.6 is 12.4 Å². The number of ether oxygens (including phenoxy) is 1. The number of rotatable bonds is 9. The Bertz CT molecular complexity index is 528. The van der Waals surface area contributed by atoms with Crippen LogP contribution in [0.2, 0.25) is 0 Å². The van der Waals surface area contributed by atoms with Gasteiger partial charge in [-0.2, -0.15) is 0 Å². The fourth-order valence-corrected chi connectivity index (χ4v) is 2.84. The number of halogens is 1. The van der Waals surface area contributed by atoms with Crippen molar-refractivity contribution in [3.63, 3.8) is 0 Å². The Kier molecular flexibility index (Phi) is 10.1. The normalized spacial score (nSPS) is 17.1. The maximum Gasteiger partial charge on any atom is 0.240 e. The van der Waals surface area contributed by atoms with E-state index in [1.807, 2.05) is 23.1 Å². The number of nitrogens with zero attached hydrogens (tertiary/aromatic N) is 1. The lowest BCUT2D eigenvalue weighted by molar-refractivity contribution is -0.138. The number of methoxy groups -OCH3 is 1. The third kappa shape index (κ3) is 7.42. The minimum atomic E-state index is -0.418. The van der Waals surface area contributed by atoms with E-state index in [-0.39, 0.29) is 30.6 Å². The van der Waals surface area contributed by atoms with Crippen LogP contribution in [0.25, 0.3) is 0 Å². The number of amides is 2. The number of nitrogens with one attached hydrogen (secondary N) is 2. The van der Waals surface area contributed by atoms with Gasteiger partial charge in [-0.1, -0.05) is 30.3 Å². The number of benzene rings is 1. The zero-order valence-electron chi connectivity index (χ0n) is 14.7. The molecule has 1 fully saturated rings. The van der Waals surface area contributed by atoms with Crippen LogP contribution < -0.4 is 10.6 Å². The first-order valence-corrected chi connectivity index (χ1v) is 8.52. The summed E-state index contributed by atoms with van der Waals surface area (Å²) in [6, 6.07) is 9.86. The molecule has 1 heterocycles. The topological polar surface area (TPSA) is 70.7 Å². The number of hydrogen-bond donors (Lipinski definition) is 2. The van der Waals surface area contributed by atoms with Crippen LogP contribution in [0.5, 0.6) is 0 Å². The Morgan fingerprint density at radius 3 is 2.84 bits per heavy atom. The molecule has 0 spiro atoms. The van der Waals surface area contributed by atoms with E-state index in [4.69, 9.17) is 4.74 Å². The molecule has 0 aromatic heterocycles. The fourth-order valence-electron chi connectivity index (χ4n) is 2.84. The first kappa shape index (κ1) is 21.4. The van der Waals surface area contributed by atoms with Crippen LogP contribution in [-0.2, 0) is 20.7 Å². The van der Waals surface area contributed by atoms with Gasteiger partial charge in [0.05, 0.1) is 19.1 Å². The Balaban J connectivity index is 0.00000312. The van der Waals surface area contributed by atoms with Gasteiger partial charge in [0, 0.05) is 33.3 Å². The summed E-state index contributed by atoms with van der Waals surface area (Å²) >= 11 is 0. The van der Waals surface area contributed by atoms with E-state index < -0.39 is 6.04 Å². The monoisotopic (exact) mass is 369 g/mol. The van der Waals surface area contributed by atoms with Gasteiger partial charge >= 0.3 is 0 Å². The van der Waals surface area contributed by atoms with Gasteiger partial charge in [-0.05, 0) is 18.4 Å². The number of carbonyl (C=O) groups excluding carboxylic acids is 2. The lowest BCUT2D eigenvalue weighted by Crippen LogP contribution is -2.56. The van der Waals surface area contributed by atoms with E-state index in [2.05, 4.69) is 22.8 Å². The van der Waals surface area contributed by atoms with Crippen LogP contribution in [-0.4, -0.2) is 62.7 Å². The molecular formula is C18H28ClN3O3. The summed E-state index contributed by atoms with van der Waals surface area (Å²) in [5, 5.41) is 5.90. The van der Waals surface area contributed by atoms with Gasteiger partial charge in [0.1, 0.15) is 0 Å². The zero-order chi connectivity index (χ0) is 17.2. The first-order chi connectivity index (χ1) is 11.7. The molecule has 0 bridgehead atoms. The Morgan fingerprint density at radius 1 is 1.36 bits per heavy atom. The molecule has 1 atom stereocenters. The second-order valence-corrected chi connectivity index (χ2v) is 5.97. The Labute approximate surface area is 155 Å². The molecular weight excluding hydrogens is 342 g/mol. The quantitative estimate of drug-likeness (QED) is 0.637. The molecule has 1 aromatic rings. The smallest absolute Gasteiger partial charge is 0.240 e. The molecule has 7 heteroatoms. The fraction of sp³-hybridized carbons (Fsp3) is 0.556. The summed E-state index contributed by atoms with van der Waals surface area (Å²) in [5.41, 5.74) is 1.29. The number of carbonyl (C=O) groups is 2. The van der Waals surface area contributed by atoms with Crippen molar-refractivity contribution >= 4 is 24.2 Å². The molecule has 2 N–H and O–H groups in total. The molecule has 6 nitrogen and oxygen atoms in total. The highest BCUT2D eigenvalue weighted by molar-refractivity contribution is 5.88. The SMILES string of the molecule is COCCNC(=O)CC1NCCN(CCCc2ccccc2)C1=O.Cl. The van der Waals surface area contributed by atoms with Gasteiger partial charge in [0.2, 0.25) is 11.8 Å². The van der Waals surface area contributed by atoms with Crippen molar-refractivity contribution in [2.24, 2.45) is 0 Å². The van der Waals surface area contributed by atoms with E-state index >= 15 is 0 Å². The van der Waals surface area contributed by atoms with E-state index in [1.54, 1.807) is 7.11 Å². The number of piperazine rings is 1. The van der Waals surface area contributed by atoms with Crippen molar-refractivity contribution < 1.29 is 14.3 Å². The third-order valence-electron chi connectivity index (χ3n) is 4.14. The van der Waals surface area contributed by atoms with Crippen molar-refractivity contribution in [2.45, 2.75) is 25.3 Å². The van der Waals surface area contributed by atoms with Crippen LogP contribution in [0.4, 0.5) is 0 Å². The minimum Gasteiger partial charge on any atom is -0.383 e. The van der Waals surface area contributed by atoms with Crippen LogP contribution in [0.3, 0.4) is 0 Å². The van der Waals surface area contributed by atoms with Gasteiger partial charge in [0.25, 0.3) is 0 Å². The second kappa shape index (κ2) is 11.8. The lowest BCUT2D eigenvalue weighted by Gasteiger charge is -2.33. The number of hydrogen-bond acceptors (Lipinski definition) is 4. The van der Waals surface area contributed by atoms with E-state index in [0.717, 1.165) is 25.9 Å². The molecule has 2 rings (SSSR count). The molecule has 0 radical (unpaired) electrons. The predicted molar refractivity (Wildman–Crippen MR) is 99.9 cm³/mol. The Hall–Kier alpha value is -1.63. The summed E-state index contributed by atoms with van der Waals surface area (Å²) < 4.78 is 4.90. The molecule has 2 amide bonds. The summed E-state index contributed by atoms with van der Waals surface area (Å²) in [4.78, 5) is 26.2. The maximum atomic E-state index is 12.5. The third-order valence-corrected chi connectivity index (χ3v) is 4.14. The van der Waals surface area contributed by atoms with Crippen LogP contribution in [0, 0.1) is 0 Å². The van der Waals surface area contributed by atoms with Crippen molar-refractivity contribution in [3.05, 3.63) is 35.9 Å². The maximum absolute atomic E-state index is 12.5. The lowest BCUT2D eigenvalue weighted by atomic mass is 10.1. The largest absolute Gasteiger partial charge is 0.383 e. The van der Waals surface area contributed by atoms with Crippen molar-refractivity contribution in [1.82, 2.24) is 15.5 Å². The standard InChI is InChI=1S/C18H27N3O3.ClH/c1-24-13-10-20-17(22)14-16-18(23)21(12-9-19-16)11-5-8-15-6-3-2-4-7-15;/h2-4,6-7,16,19H,5,8-14H2,1H3,(H,20,22);1H. The van der Waals surface area contributed by atoms with E-state index in [1.165, 1.54) is 5.56 Å². The molecule has 1 aliphatic rings. The Morgan fingerprint density at radius 2 is 2.12 bits per heavy atom. The van der Waals surface area contributed by atoms with Crippen LogP contribution in [0.15, 0.2) is 30.3 Å². The second-order valence-electron chi connectivity index (χ2n) is 5.97. The van der Waals surface area contributed by atoms with E-state index in [0.29, 0.717) is 19.7 Å². The van der Waals surface area contributed by atoms with Crippen molar-refractivity contribution in [2.75, 3.05) is 39.9 Å². The van der Waals surface area contributed by atoms with Crippen molar-refractivity contribution in [1.29, 1.82) is 0 Å². The molecule has 140 valence electrons. The van der Waals surface area contributed by atoms with Gasteiger partial charge in [-0.15, -0.1) is 12.4 Å². The van der Waals surface area contributed by atoms with Gasteiger partial charge in [-0.25, -0.2) is 0 Å². The molecule has 25 heavy (non-hydrogen) atoms. The molecule has 1 aromatic carbocycles. The highest BCUT2D eigenvalue weighted by Crippen LogP contribution is 2.08. The first-order valence-electron chi connectivity index (χ1n) is 8.52.